The molecule has 7 nitrogen and oxygen atoms in total. The molecule has 8 heteroatoms. The Bertz CT molecular complexity index is 668. The summed E-state index contributed by atoms with van der Waals surface area (Å²) in [5.41, 5.74) is -0.574. The summed E-state index contributed by atoms with van der Waals surface area (Å²) in [6, 6.07) is 2.87. The minimum Gasteiger partial charge on any atom is -0.461 e. The first-order valence-corrected chi connectivity index (χ1v) is 5.59. The average molecular weight is 280 g/mol. The number of carbonyl (C=O) groups is 1. The third kappa shape index (κ3) is 2.63. The molecule has 0 aliphatic carbocycles. The molecule has 20 heavy (non-hydrogen) atoms. The Morgan fingerprint density at radius 3 is 2.90 bits per heavy atom. The van der Waals surface area contributed by atoms with Crippen LogP contribution < -0.4 is 0 Å². The van der Waals surface area contributed by atoms with Gasteiger partial charge < -0.3 is 9.15 Å². The van der Waals surface area contributed by atoms with Gasteiger partial charge in [0.1, 0.15) is 5.82 Å². The maximum Gasteiger partial charge on any atom is 0.360 e. The van der Waals surface area contributed by atoms with E-state index < -0.39 is 22.4 Å². The Balaban J connectivity index is 2.50. The number of hydrogen-bond acceptors (Lipinski definition) is 6. The van der Waals surface area contributed by atoms with Gasteiger partial charge in [0, 0.05) is 11.6 Å². The number of nitro benzene ring substituents is 1. The van der Waals surface area contributed by atoms with E-state index in [1.807, 2.05) is 0 Å². The van der Waals surface area contributed by atoms with Crippen molar-refractivity contribution in [3.8, 4) is 11.3 Å². The Morgan fingerprint density at radius 2 is 2.25 bits per heavy atom. The van der Waals surface area contributed by atoms with Crippen LogP contribution >= 0.6 is 0 Å². The van der Waals surface area contributed by atoms with Crippen molar-refractivity contribution >= 4 is 11.7 Å². The first-order valence-electron chi connectivity index (χ1n) is 5.59. The van der Waals surface area contributed by atoms with Crippen molar-refractivity contribution in [2.75, 3.05) is 6.61 Å². The van der Waals surface area contributed by atoms with Crippen molar-refractivity contribution in [2.45, 2.75) is 6.92 Å². The second-order valence-electron chi connectivity index (χ2n) is 3.71. The summed E-state index contributed by atoms with van der Waals surface area (Å²) in [5.74, 6) is -1.64. The van der Waals surface area contributed by atoms with Gasteiger partial charge in [0.25, 0.3) is 5.69 Å². The van der Waals surface area contributed by atoms with Crippen molar-refractivity contribution in [1.29, 1.82) is 0 Å². The van der Waals surface area contributed by atoms with E-state index in [1.165, 1.54) is 0 Å². The summed E-state index contributed by atoms with van der Waals surface area (Å²) in [4.78, 5) is 25.3. The van der Waals surface area contributed by atoms with Gasteiger partial charge in [0.15, 0.2) is 17.8 Å². The molecular formula is C12H9FN2O5. The Labute approximate surface area is 112 Å². The number of aromatic nitrogens is 1. The zero-order chi connectivity index (χ0) is 14.7. The lowest BCUT2D eigenvalue weighted by Crippen LogP contribution is -2.06. The molecule has 0 aliphatic rings. The second kappa shape index (κ2) is 5.47. The summed E-state index contributed by atoms with van der Waals surface area (Å²) >= 11 is 0. The molecule has 0 saturated heterocycles. The predicted octanol–water partition coefficient (Wildman–Crippen LogP) is 2.57. The summed E-state index contributed by atoms with van der Waals surface area (Å²) in [6.07, 6.45) is 0.984. The van der Waals surface area contributed by atoms with Gasteiger partial charge in [-0.1, -0.05) is 0 Å². The van der Waals surface area contributed by atoms with Crippen LogP contribution in [0, 0.1) is 15.9 Å². The average Bonchev–Trinajstić information content (AvgIpc) is 2.87. The number of ether oxygens (including phenoxy) is 1. The Morgan fingerprint density at radius 1 is 1.50 bits per heavy atom. The first-order chi connectivity index (χ1) is 9.52. The normalized spacial score (nSPS) is 10.3. The number of oxazole rings is 1. The molecular weight excluding hydrogens is 271 g/mol. The Kier molecular flexibility index (Phi) is 3.74. The van der Waals surface area contributed by atoms with E-state index in [4.69, 9.17) is 9.15 Å². The smallest absolute Gasteiger partial charge is 0.360 e. The number of rotatable bonds is 4. The van der Waals surface area contributed by atoms with E-state index >= 15 is 0 Å². The lowest BCUT2D eigenvalue weighted by atomic mass is 10.1. The molecule has 0 atom stereocenters. The van der Waals surface area contributed by atoms with E-state index in [2.05, 4.69) is 4.98 Å². The molecule has 0 saturated carbocycles. The summed E-state index contributed by atoms with van der Waals surface area (Å²) in [5, 5.41) is 10.7. The molecule has 1 heterocycles. The number of esters is 1. The number of hydrogen-bond donors (Lipinski definition) is 0. The van der Waals surface area contributed by atoms with Crippen molar-refractivity contribution in [3.05, 3.63) is 46.2 Å². The van der Waals surface area contributed by atoms with Crippen molar-refractivity contribution < 1.29 is 23.3 Å². The number of nitrogens with zero attached hydrogens (tertiary/aromatic N) is 2. The lowest BCUT2D eigenvalue weighted by Gasteiger charge is -2.02. The summed E-state index contributed by atoms with van der Waals surface area (Å²) in [7, 11) is 0. The standard InChI is InChI=1S/C12H9FN2O5/c1-2-19-12(16)10-11(20-6-14-10)7-3-8(13)5-9(4-7)15(17)18/h3-6H,2H2,1H3. The second-order valence-corrected chi connectivity index (χ2v) is 3.71. The van der Waals surface area contributed by atoms with E-state index in [1.54, 1.807) is 6.92 Å². The van der Waals surface area contributed by atoms with Crippen LogP contribution in [0.5, 0.6) is 0 Å². The number of non-ortho nitro benzene ring substituents is 1. The van der Waals surface area contributed by atoms with Gasteiger partial charge in [0.2, 0.25) is 0 Å². The SMILES string of the molecule is CCOC(=O)c1ncoc1-c1cc(F)cc([N+](=O)[O-])c1. The molecule has 0 aliphatic heterocycles. The van der Waals surface area contributed by atoms with Crippen LogP contribution in [0.4, 0.5) is 10.1 Å². The largest absolute Gasteiger partial charge is 0.461 e. The molecule has 0 radical (unpaired) electrons. The van der Waals surface area contributed by atoms with Crippen LogP contribution in [0.15, 0.2) is 29.0 Å². The van der Waals surface area contributed by atoms with Crippen LogP contribution in [0.3, 0.4) is 0 Å². The van der Waals surface area contributed by atoms with Gasteiger partial charge in [-0.2, -0.15) is 0 Å². The van der Waals surface area contributed by atoms with Gasteiger partial charge in [-0.3, -0.25) is 10.1 Å². The van der Waals surface area contributed by atoms with E-state index in [0.29, 0.717) is 0 Å². The topological polar surface area (TPSA) is 95.5 Å². The zero-order valence-corrected chi connectivity index (χ0v) is 10.3. The molecule has 1 aromatic heterocycles. The van der Waals surface area contributed by atoms with E-state index in [0.717, 1.165) is 24.6 Å². The maximum absolute atomic E-state index is 13.4. The molecule has 1 aromatic carbocycles. The molecule has 0 amide bonds. The minimum absolute atomic E-state index is 0.0391. The number of carbonyl (C=O) groups excluding carboxylic acids is 1. The fourth-order valence-corrected chi connectivity index (χ4v) is 1.61. The highest BCUT2D eigenvalue weighted by Gasteiger charge is 2.22. The number of benzene rings is 1. The van der Waals surface area contributed by atoms with Crippen molar-refractivity contribution in [3.63, 3.8) is 0 Å². The van der Waals surface area contributed by atoms with Crippen LogP contribution in [0.25, 0.3) is 11.3 Å². The van der Waals surface area contributed by atoms with Crippen LogP contribution in [-0.2, 0) is 4.74 Å². The van der Waals surface area contributed by atoms with Crippen LogP contribution in [-0.4, -0.2) is 22.5 Å². The van der Waals surface area contributed by atoms with Crippen molar-refractivity contribution in [1.82, 2.24) is 4.98 Å². The minimum atomic E-state index is -0.819. The first kappa shape index (κ1) is 13.7. The van der Waals surface area contributed by atoms with E-state index in [-0.39, 0.29) is 23.6 Å². The summed E-state index contributed by atoms with van der Waals surface area (Å²) < 4.78 is 23.2. The van der Waals surface area contributed by atoms with Gasteiger partial charge in [-0.15, -0.1) is 0 Å². The highest BCUT2D eigenvalue weighted by molar-refractivity contribution is 5.93. The highest BCUT2D eigenvalue weighted by Crippen LogP contribution is 2.28. The van der Waals surface area contributed by atoms with Crippen LogP contribution in [0.2, 0.25) is 0 Å². The quantitative estimate of drug-likeness (QED) is 0.485. The van der Waals surface area contributed by atoms with Gasteiger partial charge in [0.05, 0.1) is 17.6 Å². The number of halogens is 1. The maximum atomic E-state index is 13.4. The van der Waals surface area contributed by atoms with Gasteiger partial charge >= 0.3 is 5.97 Å². The molecule has 2 rings (SSSR count). The summed E-state index contributed by atoms with van der Waals surface area (Å²) in [6.45, 7) is 1.75. The molecule has 0 spiro atoms. The Hall–Kier alpha value is -2.77. The molecule has 2 aromatic rings. The van der Waals surface area contributed by atoms with Gasteiger partial charge in [-0.05, 0) is 13.0 Å². The lowest BCUT2D eigenvalue weighted by molar-refractivity contribution is -0.385. The van der Waals surface area contributed by atoms with Gasteiger partial charge in [-0.25, -0.2) is 14.2 Å². The van der Waals surface area contributed by atoms with Crippen LogP contribution in [0.1, 0.15) is 17.4 Å². The highest BCUT2D eigenvalue weighted by atomic mass is 19.1. The molecule has 0 bridgehead atoms. The zero-order valence-electron chi connectivity index (χ0n) is 10.3. The fourth-order valence-electron chi connectivity index (χ4n) is 1.61. The van der Waals surface area contributed by atoms with E-state index in [9.17, 15) is 19.3 Å². The molecule has 0 unspecified atom stereocenters. The third-order valence-electron chi connectivity index (χ3n) is 2.39. The number of nitro groups is 1. The molecule has 104 valence electrons. The molecule has 0 N–H and O–H groups in total. The predicted molar refractivity (Wildman–Crippen MR) is 64.5 cm³/mol. The monoisotopic (exact) mass is 280 g/mol. The fraction of sp³-hybridized carbons (Fsp3) is 0.167. The van der Waals surface area contributed by atoms with Crippen molar-refractivity contribution in [2.24, 2.45) is 0 Å². The molecule has 0 fully saturated rings. The third-order valence-corrected chi connectivity index (χ3v) is 2.39.